The molecule has 152 valence electrons. The van der Waals surface area contributed by atoms with Gasteiger partial charge in [0.15, 0.2) is 0 Å². The minimum atomic E-state index is -3.66. The molecule has 2 aromatic carbocycles. The molecule has 0 saturated carbocycles. The van der Waals surface area contributed by atoms with Crippen LogP contribution in [0.5, 0.6) is 0 Å². The van der Waals surface area contributed by atoms with Gasteiger partial charge in [0.1, 0.15) is 5.69 Å². The standard InChI is InChI=1S/C21H23N3O4S/c1-4-15-7-9-16(10-8-15)19-13-20(28-24-19)23-21(25)18-12-17(11-6-14(18)3)29(26,27)22-5-2/h6-13,22H,4-5H2,1-3H3,(H,23,25). The summed E-state index contributed by atoms with van der Waals surface area (Å²) in [6.07, 6.45) is 0.947. The number of hydrogen-bond donors (Lipinski definition) is 2. The van der Waals surface area contributed by atoms with Crippen LogP contribution in [-0.2, 0) is 16.4 Å². The first-order chi connectivity index (χ1) is 13.8. The Labute approximate surface area is 170 Å². The summed E-state index contributed by atoms with van der Waals surface area (Å²) in [4.78, 5) is 12.7. The van der Waals surface area contributed by atoms with E-state index in [0.717, 1.165) is 12.0 Å². The first-order valence-corrected chi connectivity index (χ1v) is 10.8. The maximum Gasteiger partial charge on any atom is 0.258 e. The van der Waals surface area contributed by atoms with Crippen molar-refractivity contribution >= 4 is 21.8 Å². The van der Waals surface area contributed by atoms with E-state index in [9.17, 15) is 13.2 Å². The molecule has 0 fully saturated rings. The third kappa shape index (κ3) is 4.72. The molecule has 2 N–H and O–H groups in total. The molecule has 0 unspecified atom stereocenters. The first kappa shape index (κ1) is 20.8. The van der Waals surface area contributed by atoms with Gasteiger partial charge >= 0.3 is 0 Å². The summed E-state index contributed by atoms with van der Waals surface area (Å²) >= 11 is 0. The van der Waals surface area contributed by atoms with E-state index >= 15 is 0 Å². The topological polar surface area (TPSA) is 101 Å². The third-order valence-electron chi connectivity index (χ3n) is 4.50. The van der Waals surface area contributed by atoms with Crippen molar-refractivity contribution in [3.63, 3.8) is 0 Å². The number of aromatic nitrogens is 1. The van der Waals surface area contributed by atoms with Crippen LogP contribution in [0, 0.1) is 6.92 Å². The molecule has 8 heteroatoms. The van der Waals surface area contributed by atoms with Crippen LogP contribution >= 0.6 is 0 Å². The van der Waals surface area contributed by atoms with E-state index in [4.69, 9.17) is 4.52 Å². The van der Waals surface area contributed by atoms with Gasteiger partial charge in [0.2, 0.25) is 15.9 Å². The van der Waals surface area contributed by atoms with E-state index in [1.54, 1.807) is 26.0 Å². The molecular formula is C21H23N3O4S. The molecule has 3 aromatic rings. The molecule has 0 atom stereocenters. The zero-order valence-electron chi connectivity index (χ0n) is 16.5. The van der Waals surface area contributed by atoms with E-state index in [2.05, 4.69) is 22.1 Å². The van der Waals surface area contributed by atoms with Gasteiger partial charge in [-0.25, -0.2) is 13.1 Å². The Morgan fingerprint density at radius 2 is 1.79 bits per heavy atom. The molecule has 0 bridgehead atoms. The maximum absolute atomic E-state index is 12.7. The second kappa shape index (κ2) is 8.59. The lowest BCUT2D eigenvalue weighted by Gasteiger charge is -2.09. The number of carbonyl (C=O) groups is 1. The Bertz CT molecular complexity index is 1120. The molecule has 3 rings (SSSR count). The predicted octanol–water partition coefficient (Wildman–Crippen LogP) is 3.76. The summed E-state index contributed by atoms with van der Waals surface area (Å²) in [6, 6.07) is 14.0. The van der Waals surface area contributed by atoms with Gasteiger partial charge in [-0.3, -0.25) is 10.1 Å². The molecule has 1 amide bonds. The highest BCUT2D eigenvalue weighted by Gasteiger charge is 2.18. The number of benzene rings is 2. The van der Waals surface area contributed by atoms with Crippen LogP contribution in [0.3, 0.4) is 0 Å². The summed E-state index contributed by atoms with van der Waals surface area (Å²) in [5.74, 6) is -0.288. The lowest BCUT2D eigenvalue weighted by atomic mass is 10.1. The van der Waals surface area contributed by atoms with Crippen LogP contribution in [-0.4, -0.2) is 26.0 Å². The van der Waals surface area contributed by atoms with Crippen molar-refractivity contribution in [2.24, 2.45) is 0 Å². The van der Waals surface area contributed by atoms with E-state index in [-0.39, 0.29) is 22.9 Å². The highest BCUT2D eigenvalue weighted by atomic mass is 32.2. The lowest BCUT2D eigenvalue weighted by Crippen LogP contribution is -2.24. The predicted molar refractivity (Wildman–Crippen MR) is 111 cm³/mol. The fourth-order valence-electron chi connectivity index (χ4n) is 2.85. The highest BCUT2D eigenvalue weighted by molar-refractivity contribution is 7.89. The number of aryl methyl sites for hydroxylation is 2. The van der Waals surface area contributed by atoms with Crippen LogP contribution < -0.4 is 10.0 Å². The molecular weight excluding hydrogens is 390 g/mol. The molecule has 29 heavy (non-hydrogen) atoms. The molecule has 0 radical (unpaired) electrons. The van der Waals surface area contributed by atoms with Crippen molar-refractivity contribution in [3.05, 3.63) is 65.2 Å². The normalized spacial score (nSPS) is 11.4. The van der Waals surface area contributed by atoms with Gasteiger partial charge in [0.25, 0.3) is 5.91 Å². The average molecular weight is 413 g/mol. The second-order valence-electron chi connectivity index (χ2n) is 6.56. The molecule has 7 nitrogen and oxygen atoms in total. The number of amides is 1. The van der Waals surface area contributed by atoms with Crippen molar-refractivity contribution in [1.82, 2.24) is 9.88 Å². The van der Waals surface area contributed by atoms with Crippen molar-refractivity contribution in [1.29, 1.82) is 0 Å². The van der Waals surface area contributed by atoms with Crippen molar-refractivity contribution in [2.45, 2.75) is 32.1 Å². The number of nitrogens with zero attached hydrogens (tertiary/aromatic N) is 1. The van der Waals surface area contributed by atoms with Gasteiger partial charge in [-0.05, 0) is 36.6 Å². The minimum absolute atomic E-state index is 0.0318. The molecule has 0 aliphatic rings. The van der Waals surface area contributed by atoms with Crippen LogP contribution in [0.4, 0.5) is 5.88 Å². The SMILES string of the molecule is CCNS(=O)(=O)c1ccc(C)c(C(=O)Nc2cc(-c3ccc(CC)cc3)no2)c1. The van der Waals surface area contributed by atoms with Gasteiger partial charge in [0, 0.05) is 23.7 Å². The maximum atomic E-state index is 12.7. The number of nitrogens with one attached hydrogen (secondary N) is 2. The van der Waals surface area contributed by atoms with Crippen LogP contribution in [0.2, 0.25) is 0 Å². The summed E-state index contributed by atoms with van der Waals surface area (Å²) in [7, 11) is -3.66. The average Bonchev–Trinajstić information content (AvgIpc) is 3.16. The van der Waals surface area contributed by atoms with E-state index < -0.39 is 15.9 Å². The van der Waals surface area contributed by atoms with Crippen LogP contribution in [0.1, 0.15) is 35.3 Å². The smallest absolute Gasteiger partial charge is 0.258 e. The molecule has 1 heterocycles. The Morgan fingerprint density at radius 3 is 2.45 bits per heavy atom. The number of hydrogen-bond acceptors (Lipinski definition) is 5. The number of sulfonamides is 1. The third-order valence-corrected chi connectivity index (χ3v) is 6.05. The van der Waals surface area contributed by atoms with E-state index in [1.807, 2.05) is 24.3 Å². The first-order valence-electron chi connectivity index (χ1n) is 9.31. The molecule has 1 aromatic heterocycles. The molecule has 0 saturated heterocycles. The number of carbonyl (C=O) groups excluding carboxylic acids is 1. The Balaban J connectivity index is 1.81. The Hall–Kier alpha value is -2.97. The Kier molecular flexibility index (Phi) is 6.14. The number of anilines is 1. The molecule has 0 aliphatic carbocycles. The molecule has 0 aliphatic heterocycles. The second-order valence-corrected chi connectivity index (χ2v) is 8.33. The van der Waals surface area contributed by atoms with Gasteiger partial charge in [-0.15, -0.1) is 0 Å². The quantitative estimate of drug-likeness (QED) is 0.614. The fraction of sp³-hybridized carbons (Fsp3) is 0.238. The van der Waals surface area contributed by atoms with Crippen LogP contribution in [0.15, 0.2) is 57.9 Å². The van der Waals surface area contributed by atoms with Gasteiger partial charge in [-0.2, -0.15) is 0 Å². The summed E-state index contributed by atoms with van der Waals surface area (Å²) in [6.45, 7) is 5.77. The molecule has 0 spiro atoms. The largest absolute Gasteiger partial charge is 0.338 e. The van der Waals surface area contributed by atoms with Crippen molar-refractivity contribution < 1.29 is 17.7 Å². The Morgan fingerprint density at radius 1 is 1.07 bits per heavy atom. The fourth-order valence-corrected chi connectivity index (χ4v) is 3.91. The number of rotatable bonds is 7. The van der Waals surface area contributed by atoms with Crippen LogP contribution in [0.25, 0.3) is 11.3 Å². The summed E-state index contributed by atoms with van der Waals surface area (Å²) in [5.41, 5.74) is 3.58. The lowest BCUT2D eigenvalue weighted by molar-refractivity contribution is 0.102. The van der Waals surface area contributed by atoms with Crippen molar-refractivity contribution in [2.75, 3.05) is 11.9 Å². The zero-order chi connectivity index (χ0) is 21.0. The monoisotopic (exact) mass is 413 g/mol. The van der Waals surface area contributed by atoms with Gasteiger partial charge < -0.3 is 4.52 Å². The zero-order valence-corrected chi connectivity index (χ0v) is 17.3. The van der Waals surface area contributed by atoms with Crippen molar-refractivity contribution in [3.8, 4) is 11.3 Å². The van der Waals surface area contributed by atoms with Gasteiger partial charge in [-0.1, -0.05) is 49.3 Å². The summed E-state index contributed by atoms with van der Waals surface area (Å²) < 4.78 is 32.1. The van der Waals surface area contributed by atoms with Gasteiger partial charge in [0.05, 0.1) is 4.90 Å². The van der Waals surface area contributed by atoms with E-state index in [1.165, 1.54) is 17.7 Å². The van der Waals surface area contributed by atoms with E-state index in [0.29, 0.717) is 11.3 Å². The summed E-state index contributed by atoms with van der Waals surface area (Å²) in [5, 5.41) is 6.64. The minimum Gasteiger partial charge on any atom is -0.338 e. The highest BCUT2D eigenvalue weighted by Crippen LogP contribution is 2.23.